The van der Waals surface area contributed by atoms with E-state index in [1.807, 2.05) is 0 Å². The van der Waals surface area contributed by atoms with Crippen LogP contribution in [0.25, 0.3) is 0 Å². The van der Waals surface area contributed by atoms with Gasteiger partial charge in [-0.25, -0.2) is 0 Å². The quantitative estimate of drug-likeness (QED) is 0.784. The smallest absolute Gasteiger partial charge is 0.0340 e. The number of hydrogen-bond acceptors (Lipinski definition) is 2. The average molecular weight is 232 g/mol. The van der Waals surface area contributed by atoms with Crippen LogP contribution in [0.5, 0.6) is 0 Å². The highest BCUT2D eigenvalue weighted by Crippen LogP contribution is 2.10. The van der Waals surface area contributed by atoms with Crippen molar-refractivity contribution in [2.45, 2.75) is 32.6 Å². The molecule has 1 aliphatic heterocycles. The van der Waals surface area contributed by atoms with E-state index in [0.29, 0.717) is 0 Å². The van der Waals surface area contributed by atoms with Crippen LogP contribution in [0.15, 0.2) is 24.3 Å². The maximum absolute atomic E-state index is 3.48. The van der Waals surface area contributed by atoms with Crippen molar-refractivity contribution < 1.29 is 0 Å². The van der Waals surface area contributed by atoms with Gasteiger partial charge in [0.1, 0.15) is 0 Å². The lowest BCUT2D eigenvalue weighted by molar-refractivity contribution is 0.228. The zero-order valence-corrected chi connectivity index (χ0v) is 10.9. The highest BCUT2D eigenvalue weighted by molar-refractivity contribution is 5.44. The summed E-state index contributed by atoms with van der Waals surface area (Å²) in [5, 5.41) is 3.48. The molecular weight excluding hydrogens is 208 g/mol. The second-order valence-electron chi connectivity index (χ2n) is 5.05. The Kier molecular flexibility index (Phi) is 4.87. The first kappa shape index (κ1) is 12.4. The fourth-order valence-electron chi connectivity index (χ4n) is 2.39. The average Bonchev–Trinajstić information content (AvgIpc) is 2.38. The topological polar surface area (TPSA) is 15.3 Å². The minimum Gasteiger partial charge on any atom is -0.385 e. The van der Waals surface area contributed by atoms with Gasteiger partial charge in [-0.1, -0.05) is 24.1 Å². The molecule has 0 radical (unpaired) electrons. The van der Waals surface area contributed by atoms with E-state index in [9.17, 15) is 0 Å². The van der Waals surface area contributed by atoms with E-state index in [0.717, 1.165) is 6.54 Å². The first-order valence-electron chi connectivity index (χ1n) is 6.87. The summed E-state index contributed by atoms with van der Waals surface area (Å²) in [4.78, 5) is 2.60. The van der Waals surface area contributed by atoms with Crippen molar-refractivity contribution in [2.24, 2.45) is 0 Å². The first-order valence-corrected chi connectivity index (χ1v) is 6.87. The van der Waals surface area contributed by atoms with Gasteiger partial charge in [-0.15, -0.1) is 0 Å². The Hall–Kier alpha value is -1.02. The highest BCUT2D eigenvalue weighted by atomic mass is 15.1. The molecule has 0 atom stereocenters. The van der Waals surface area contributed by atoms with E-state index < -0.39 is 0 Å². The van der Waals surface area contributed by atoms with Crippen LogP contribution in [0.1, 0.15) is 31.2 Å². The highest BCUT2D eigenvalue weighted by Gasteiger charge is 2.08. The van der Waals surface area contributed by atoms with Crippen LogP contribution >= 0.6 is 0 Å². The summed E-state index contributed by atoms with van der Waals surface area (Å²) in [5.41, 5.74) is 2.57. The van der Waals surface area contributed by atoms with Crippen molar-refractivity contribution in [3.8, 4) is 0 Å². The Morgan fingerprint density at radius 1 is 1.06 bits per heavy atom. The number of rotatable bonds is 5. The number of nitrogens with one attached hydrogen (secondary N) is 1. The van der Waals surface area contributed by atoms with Crippen LogP contribution < -0.4 is 5.32 Å². The van der Waals surface area contributed by atoms with E-state index in [2.05, 4.69) is 41.4 Å². The molecule has 1 fully saturated rings. The van der Waals surface area contributed by atoms with Crippen LogP contribution in [-0.4, -0.2) is 31.1 Å². The Bertz CT molecular complexity index is 312. The summed E-state index contributed by atoms with van der Waals surface area (Å²) in [5.74, 6) is 0. The van der Waals surface area contributed by atoms with Crippen molar-refractivity contribution in [1.82, 2.24) is 4.90 Å². The monoisotopic (exact) mass is 232 g/mol. The molecule has 0 aromatic heterocycles. The minimum absolute atomic E-state index is 1.08. The summed E-state index contributed by atoms with van der Waals surface area (Å²) in [6.45, 7) is 7.08. The van der Waals surface area contributed by atoms with E-state index in [-0.39, 0.29) is 0 Å². The normalized spacial score (nSPS) is 17.0. The number of benzene rings is 1. The standard InChI is InChI=1S/C15H24N2/c1-14-6-8-15(9-7-14)16-10-5-13-17-11-3-2-4-12-17/h6-9,16H,2-5,10-13H2,1H3. The number of likely N-dealkylation sites (tertiary alicyclic amines) is 1. The molecule has 1 saturated heterocycles. The SMILES string of the molecule is Cc1ccc(NCCCN2CCCCC2)cc1. The first-order chi connectivity index (χ1) is 8.34. The van der Waals surface area contributed by atoms with Crippen LogP contribution in [0.4, 0.5) is 5.69 Å². The summed E-state index contributed by atoms with van der Waals surface area (Å²) < 4.78 is 0. The third kappa shape index (κ3) is 4.39. The molecule has 17 heavy (non-hydrogen) atoms. The minimum atomic E-state index is 1.08. The molecule has 0 saturated carbocycles. The Morgan fingerprint density at radius 2 is 1.76 bits per heavy atom. The molecule has 0 bridgehead atoms. The van der Waals surface area contributed by atoms with Gasteiger partial charge in [-0.05, 0) is 58.0 Å². The molecule has 0 amide bonds. The summed E-state index contributed by atoms with van der Waals surface area (Å²) in [7, 11) is 0. The van der Waals surface area contributed by atoms with Crippen molar-refractivity contribution in [1.29, 1.82) is 0 Å². The van der Waals surface area contributed by atoms with Gasteiger partial charge in [0.25, 0.3) is 0 Å². The predicted octanol–water partition coefficient (Wildman–Crippen LogP) is 3.28. The van der Waals surface area contributed by atoms with Crippen molar-refractivity contribution in [3.05, 3.63) is 29.8 Å². The number of piperidine rings is 1. The van der Waals surface area contributed by atoms with E-state index >= 15 is 0 Å². The molecule has 0 spiro atoms. The molecule has 1 N–H and O–H groups in total. The van der Waals surface area contributed by atoms with Crippen molar-refractivity contribution in [3.63, 3.8) is 0 Å². The van der Waals surface area contributed by atoms with E-state index in [1.165, 1.54) is 56.6 Å². The Balaban J connectivity index is 1.60. The summed E-state index contributed by atoms with van der Waals surface area (Å²) in [6, 6.07) is 8.65. The maximum atomic E-state index is 3.48. The van der Waals surface area contributed by atoms with Crippen molar-refractivity contribution >= 4 is 5.69 Å². The van der Waals surface area contributed by atoms with E-state index in [1.54, 1.807) is 0 Å². The van der Waals surface area contributed by atoms with Gasteiger partial charge < -0.3 is 10.2 Å². The van der Waals surface area contributed by atoms with Gasteiger partial charge in [0.05, 0.1) is 0 Å². The number of aryl methyl sites for hydroxylation is 1. The zero-order valence-electron chi connectivity index (χ0n) is 10.9. The molecule has 94 valence electrons. The fraction of sp³-hybridized carbons (Fsp3) is 0.600. The molecule has 1 heterocycles. The second kappa shape index (κ2) is 6.65. The molecular formula is C15H24N2. The largest absolute Gasteiger partial charge is 0.385 e. The third-order valence-electron chi connectivity index (χ3n) is 3.48. The summed E-state index contributed by atoms with van der Waals surface area (Å²) in [6.07, 6.45) is 5.46. The lowest BCUT2D eigenvalue weighted by Gasteiger charge is -2.26. The van der Waals surface area contributed by atoms with Crippen molar-refractivity contribution in [2.75, 3.05) is 31.5 Å². The molecule has 0 unspecified atom stereocenters. The predicted molar refractivity (Wildman–Crippen MR) is 74.6 cm³/mol. The Morgan fingerprint density at radius 3 is 2.47 bits per heavy atom. The maximum Gasteiger partial charge on any atom is 0.0340 e. The molecule has 2 heteroatoms. The van der Waals surface area contributed by atoms with Gasteiger partial charge in [-0.2, -0.15) is 0 Å². The molecule has 1 aromatic carbocycles. The zero-order chi connectivity index (χ0) is 11.9. The van der Waals surface area contributed by atoms with Gasteiger partial charge in [-0.3, -0.25) is 0 Å². The van der Waals surface area contributed by atoms with Crippen LogP contribution in [0.2, 0.25) is 0 Å². The Labute approximate surface area is 105 Å². The van der Waals surface area contributed by atoms with Crippen LogP contribution in [-0.2, 0) is 0 Å². The van der Waals surface area contributed by atoms with Crippen LogP contribution in [0, 0.1) is 6.92 Å². The van der Waals surface area contributed by atoms with Crippen LogP contribution in [0.3, 0.4) is 0 Å². The fourth-order valence-corrected chi connectivity index (χ4v) is 2.39. The lowest BCUT2D eigenvalue weighted by Crippen LogP contribution is -2.31. The van der Waals surface area contributed by atoms with E-state index in [4.69, 9.17) is 0 Å². The third-order valence-corrected chi connectivity index (χ3v) is 3.48. The van der Waals surface area contributed by atoms with Gasteiger partial charge in [0.2, 0.25) is 0 Å². The van der Waals surface area contributed by atoms with Gasteiger partial charge in [0.15, 0.2) is 0 Å². The molecule has 2 rings (SSSR count). The molecule has 1 aliphatic rings. The van der Waals surface area contributed by atoms with Gasteiger partial charge >= 0.3 is 0 Å². The number of nitrogens with zero attached hydrogens (tertiary/aromatic N) is 1. The second-order valence-corrected chi connectivity index (χ2v) is 5.05. The number of hydrogen-bond donors (Lipinski definition) is 1. The molecule has 0 aliphatic carbocycles. The summed E-state index contributed by atoms with van der Waals surface area (Å²) >= 11 is 0. The number of anilines is 1. The molecule has 2 nitrogen and oxygen atoms in total. The van der Waals surface area contributed by atoms with Gasteiger partial charge in [0, 0.05) is 12.2 Å². The lowest BCUT2D eigenvalue weighted by atomic mass is 10.1. The molecule has 1 aromatic rings.